The zero-order valence-electron chi connectivity index (χ0n) is 41.5. The summed E-state index contributed by atoms with van der Waals surface area (Å²) < 4.78 is 14.0. The van der Waals surface area contributed by atoms with Gasteiger partial charge in [0, 0.05) is 56.9 Å². The molecule has 4 aromatic heterocycles. The third-order valence-electron chi connectivity index (χ3n) is 13.4. The fourth-order valence-electron chi connectivity index (χ4n) is 10.2. The van der Waals surface area contributed by atoms with E-state index < -0.39 is 0 Å². The highest BCUT2D eigenvalue weighted by molar-refractivity contribution is 6.12. The van der Waals surface area contributed by atoms with E-state index in [1.807, 2.05) is 6.20 Å². The maximum atomic E-state index is 7.01. The molecular weight excluding hydrogens is 819 g/mol. The number of benzene rings is 6. The van der Waals surface area contributed by atoms with E-state index in [0.717, 1.165) is 56.2 Å². The Hall–Kier alpha value is -6.92. The van der Waals surface area contributed by atoms with Crippen LogP contribution < -0.4 is 4.74 Å². The molecule has 10 rings (SSSR count). The summed E-state index contributed by atoms with van der Waals surface area (Å²) in [7, 11) is 0. The third kappa shape index (κ3) is 7.61. The first-order valence-corrected chi connectivity index (χ1v) is 23.7. The largest absolute Gasteiger partial charge is 0.457 e. The van der Waals surface area contributed by atoms with Gasteiger partial charge in [0.2, 0.25) is 0 Å². The quantitative estimate of drug-likeness (QED) is 0.167. The molecule has 0 aliphatic carbocycles. The lowest BCUT2D eigenvalue weighted by atomic mass is 9.85. The molecule has 4 heterocycles. The average molecular weight is 882 g/mol. The van der Waals surface area contributed by atoms with Crippen molar-refractivity contribution in [2.45, 2.75) is 112 Å². The molecule has 6 heteroatoms. The van der Waals surface area contributed by atoms with Crippen LogP contribution in [0.5, 0.6) is 11.5 Å². The van der Waals surface area contributed by atoms with E-state index in [9.17, 15) is 0 Å². The molecule has 0 atom stereocenters. The molecule has 0 spiro atoms. The summed E-state index contributed by atoms with van der Waals surface area (Å²) >= 11 is 0. The highest BCUT2D eigenvalue weighted by atomic mass is 16.5. The van der Waals surface area contributed by atoms with E-state index in [1.165, 1.54) is 55.3 Å². The van der Waals surface area contributed by atoms with E-state index in [4.69, 9.17) is 14.8 Å². The Balaban J connectivity index is 1.15. The predicted octanol–water partition coefficient (Wildman–Crippen LogP) is 16.4. The number of rotatable bonds is 6. The molecule has 0 unspecified atom stereocenters. The molecule has 0 N–H and O–H groups in total. The van der Waals surface area contributed by atoms with Gasteiger partial charge in [0.15, 0.2) is 0 Å². The van der Waals surface area contributed by atoms with Crippen molar-refractivity contribution in [2.75, 3.05) is 0 Å². The Kier molecular flexibility index (Phi) is 10.2. The van der Waals surface area contributed by atoms with Crippen LogP contribution in [-0.2, 0) is 21.7 Å². The van der Waals surface area contributed by atoms with Crippen LogP contribution in [0, 0.1) is 6.92 Å². The topological polar surface area (TPSA) is 49.8 Å². The molecule has 0 saturated carbocycles. The summed E-state index contributed by atoms with van der Waals surface area (Å²) in [4.78, 5) is 5.15. The predicted molar refractivity (Wildman–Crippen MR) is 282 cm³/mol. The molecule has 6 nitrogen and oxygen atoms in total. The van der Waals surface area contributed by atoms with Crippen molar-refractivity contribution in [1.82, 2.24) is 23.9 Å². The Bertz CT molecular complexity index is 3460. The minimum Gasteiger partial charge on any atom is -0.457 e. The van der Waals surface area contributed by atoms with Crippen molar-refractivity contribution in [1.29, 1.82) is 0 Å². The summed E-state index contributed by atoms with van der Waals surface area (Å²) in [5, 5.41) is 10.1. The Morgan fingerprint density at radius 3 is 1.70 bits per heavy atom. The van der Waals surface area contributed by atoms with Gasteiger partial charge in [0.1, 0.15) is 17.3 Å². The number of aryl methyl sites for hydroxylation is 1. The first kappa shape index (κ1) is 43.9. The van der Waals surface area contributed by atoms with Gasteiger partial charge in [-0.25, -0.2) is 9.67 Å². The van der Waals surface area contributed by atoms with Crippen LogP contribution in [0.3, 0.4) is 0 Å². The first-order valence-electron chi connectivity index (χ1n) is 23.7. The number of hydrogen-bond donors (Lipinski definition) is 0. The summed E-state index contributed by atoms with van der Waals surface area (Å²) in [5.74, 6) is 2.34. The zero-order chi connectivity index (χ0) is 47.4. The molecule has 6 aromatic carbocycles. The van der Waals surface area contributed by atoms with Gasteiger partial charge in [-0.2, -0.15) is 5.10 Å². The normalized spacial score (nSPS) is 12.9. The Morgan fingerprint density at radius 1 is 0.463 bits per heavy atom. The first-order chi connectivity index (χ1) is 31.7. The van der Waals surface area contributed by atoms with Gasteiger partial charge in [0.05, 0.1) is 44.8 Å². The van der Waals surface area contributed by atoms with Crippen molar-refractivity contribution in [3.8, 4) is 39.8 Å². The molecule has 0 bridgehead atoms. The number of fused-ring (bicyclic) bond motifs is 6. The molecule has 67 heavy (non-hydrogen) atoms. The van der Waals surface area contributed by atoms with E-state index in [2.05, 4.69) is 243 Å². The molecule has 0 aliphatic heterocycles. The van der Waals surface area contributed by atoms with Crippen LogP contribution in [0.25, 0.3) is 71.9 Å². The fourth-order valence-corrected chi connectivity index (χ4v) is 10.2. The van der Waals surface area contributed by atoms with Gasteiger partial charge in [-0.1, -0.05) is 168 Å². The van der Waals surface area contributed by atoms with E-state index >= 15 is 0 Å². The third-order valence-corrected chi connectivity index (χ3v) is 13.4. The maximum absolute atomic E-state index is 7.01. The summed E-state index contributed by atoms with van der Waals surface area (Å²) in [6, 6.07) is 50.4. The Labute approximate surface area is 395 Å². The van der Waals surface area contributed by atoms with Crippen LogP contribution in [0.4, 0.5) is 0 Å². The molecule has 338 valence electrons. The fraction of sp³-hybridized carbons (Fsp3) is 0.279. The van der Waals surface area contributed by atoms with Crippen LogP contribution in [0.15, 0.2) is 146 Å². The second-order valence-corrected chi connectivity index (χ2v) is 22.5. The van der Waals surface area contributed by atoms with Crippen molar-refractivity contribution in [3.63, 3.8) is 0 Å². The molecule has 0 fully saturated rings. The highest BCUT2D eigenvalue weighted by Crippen LogP contribution is 2.44. The molecule has 0 amide bonds. The molecule has 0 radical (unpaired) electrons. The summed E-state index contributed by atoms with van der Waals surface area (Å²) in [6.07, 6.45) is 1.97. The summed E-state index contributed by atoms with van der Waals surface area (Å²) in [5.41, 5.74) is 14.4. The molecule has 10 aromatic rings. The van der Waals surface area contributed by atoms with Crippen LogP contribution in [-0.4, -0.2) is 23.9 Å². The smallest absolute Gasteiger partial charge is 0.139 e. The van der Waals surface area contributed by atoms with E-state index in [0.29, 0.717) is 0 Å². The number of ether oxygens (including phenoxy) is 1. The SMILES string of the molecule is Cc1nn(-c2cc(Oc3ccc4c5ccccc5n(-c5cc(-n6c7c(C(C)(C)C)cccc7c7cccc(C(C)(C)C)c76)ccn5)c4c3)cc(C(C)(C)C)c2)c(C(C)(C)C)c1-c1ccccc1. The second kappa shape index (κ2) is 15.6. The van der Waals surface area contributed by atoms with Gasteiger partial charge in [-0.05, 0) is 81.8 Å². The molecular formula is C61H63N5O. The van der Waals surface area contributed by atoms with E-state index in [1.54, 1.807) is 0 Å². The average Bonchev–Trinajstić information content (AvgIpc) is 3.93. The molecule has 0 saturated heterocycles. The lowest BCUT2D eigenvalue weighted by molar-refractivity contribution is 0.477. The lowest BCUT2D eigenvalue weighted by Crippen LogP contribution is -2.19. The second-order valence-electron chi connectivity index (χ2n) is 22.5. The van der Waals surface area contributed by atoms with Crippen LogP contribution >= 0.6 is 0 Å². The summed E-state index contributed by atoms with van der Waals surface area (Å²) in [6.45, 7) is 29.6. The van der Waals surface area contributed by atoms with Gasteiger partial charge >= 0.3 is 0 Å². The van der Waals surface area contributed by atoms with Gasteiger partial charge < -0.3 is 9.30 Å². The monoisotopic (exact) mass is 882 g/mol. The van der Waals surface area contributed by atoms with E-state index in [-0.39, 0.29) is 21.7 Å². The number of para-hydroxylation sites is 3. The zero-order valence-corrected chi connectivity index (χ0v) is 41.5. The van der Waals surface area contributed by atoms with Gasteiger partial charge in [-0.15, -0.1) is 0 Å². The van der Waals surface area contributed by atoms with Crippen molar-refractivity contribution >= 4 is 43.6 Å². The lowest BCUT2D eigenvalue weighted by Gasteiger charge is -2.25. The van der Waals surface area contributed by atoms with Crippen molar-refractivity contribution < 1.29 is 4.74 Å². The Morgan fingerprint density at radius 2 is 1.07 bits per heavy atom. The number of aromatic nitrogens is 5. The number of nitrogens with zero attached hydrogens (tertiary/aromatic N) is 5. The minimum absolute atomic E-state index is 0.0862. The van der Waals surface area contributed by atoms with Gasteiger partial charge in [-0.3, -0.25) is 4.57 Å². The van der Waals surface area contributed by atoms with Crippen LogP contribution in [0.1, 0.15) is 111 Å². The minimum atomic E-state index is -0.194. The van der Waals surface area contributed by atoms with Crippen LogP contribution in [0.2, 0.25) is 0 Å². The number of hydrogen-bond acceptors (Lipinski definition) is 3. The number of pyridine rings is 1. The highest BCUT2D eigenvalue weighted by Gasteiger charge is 2.30. The maximum Gasteiger partial charge on any atom is 0.139 e. The van der Waals surface area contributed by atoms with Gasteiger partial charge in [0.25, 0.3) is 0 Å². The van der Waals surface area contributed by atoms with Crippen molar-refractivity contribution in [3.05, 3.63) is 174 Å². The van der Waals surface area contributed by atoms with Crippen molar-refractivity contribution in [2.24, 2.45) is 0 Å². The molecule has 0 aliphatic rings. The standard InChI is InChI=1S/C61H63N5O/c1-38-54(39-21-15-14-16-22-39)57(61(11,12)13)66(63-38)42-33-40(58(2,3)4)34-44(35-42)67-43-29-30-46-45-23-17-18-28-51(45)65(52(46)37-43)53-36-41(31-32-62-53)64-55-47(24-19-26-49(55)59(5,6)7)48-25-20-27-50(56(48)64)60(8,9)10/h14-37H,1-13H3.